The average Bonchev–Trinajstić information content (AvgIpc) is 3.13. The summed E-state index contributed by atoms with van der Waals surface area (Å²) in [5, 5.41) is 11.7. The van der Waals surface area contributed by atoms with E-state index < -0.39 is 0 Å². The molecule has 0 spiro atoms. The predicted octanol–water partition coefficient (Wildman–Crippen LogP) is 10.6. The van der Waals surface area contributed by atoms with Crippen LogP contribution in [0.15, 0.2) is 181 Å². The lowest BCUT2D eigenvalue weighted by atomic mass is 10.1. The second kappa shape index (κ2) is 13.0. The summed E-state index contributed by atoms with van der Waals surface area (Å²) in [6.07, 6.45) is 0. The minimum absolute atomic E-state index is 0.813. The van der Waals surface area contributed by atoms with Crippen molar-refractivity contribution < 1.29 is 0 Å². The summed E-state index contributed by atoms with van der Waals surface area (Å²) in [4.78, 5) is 10.4. The first kappa shape index (κ1) is 28.8. The molecular weight excluding hydrogens is 589 g/mol. The van der Waals surface area contributed by atoms with E-state index in [1.54, 1.807) is 0 Å². The van der Waals surface area contributed by atoms with E-state index in [1.807, 2.05) is 91.0 Å². The van der Waals surface area contributed by atoms with Crippen LogP contribution in [0.3, 0.4) is 0 Å². The van der Waals surface area contributed by atoms with Crippen LogP contribution >= 0.6 is 0 Å². The van der Waals surface area contributed by atoms with Gasteiger partial charge < -0.3 is 20.5 Å². The normalized spacial score (nSPS) is 11.5. The fraction of sp³-hybridized carbons (Fsp3) is 0. The third-order valence-corrected chi connectivity index (χ3v) is 8.11. The standard InChI is InChI=1S/C42H32N6/c1-6-16-30(17-7-1)43-35-26-39-41(28-37(35)45-32-20-10-3-11-21-32)48(34-24-14-5-15-25-34)42-29-38(46-33-22-12-4-13-23-33)36(27-40(42)47-39)44-31-18-8-2-9-19-31/h1-29,43-45H/b46-38+. The fourth-order valence-corrected chi connectivity index (χ4v) is 5.87. The zero-order chi connectivity index (χ0) is 32.1. The van der Waals surface area contributed by atoms with Crippen LogP contribution in [0.25, 0.3) is 28.1 Å². The van der Waals surface area contributed by atoms with Crippen LogP contribution in [0.1, 0.15) is 0 Å². The number of nitrogens with one attached hydrogen (secondary N) is 3. The first-order valence-corrected chi connectivity index (χ1v) is 15.9. The van der Waals surface area contributed by atoms with E-state index in [0.29, 0.717) is 0 Å². The maximum Gasteiger partial charge on any atom is 0.0900 e. The number of anilines is 6. The molecule has 1 heterocycles. The van der Waals surface area contributed by atoms with E-state index in [1.165, 1.54) is 0 Å². The lowest BCUT2D eigenvalue weighted by Crippen LogP contribution is -2.15. The molecule has 0 radical (unpaired) electrons. The average molecular weight is 621 g/mol. The highest BCUT2D eigenvalue weighted by atomic mass is 15.0. The van der Waals surface area contributed by atoms with Crippen LogP contribution in [-0.4, -0.2) is 9.55 Å². The van der Waals surface area contributed by atoms with Gasteiger partial charge in [0.05, 0.1) is 50.5 Å². The molecule has 0 unspecified atom stereocenters. The Balaban J connectivity index is 1.41. The monoisotopic (exact) mass is 620 g/mol. The summed E-state index contributed by atoms with van der Waals surface area (Å²) in [6, 6.07) is 59.6. The summed E-state index contributed by atoms with van der Waals surface area (Å²) >= 11 is 0. The molecule has 6 aromatic carbocycles. The Hall–Kier alpha value is -6.66. The van der Waals surface area contributed by atoms with Gasteiger partial charge in [0.1, 0.15) is 0 Å². The van der Waals surface area contributed by atoms with Crippen LogP contribution in [0.4, 0.5) is 39.8 Å². The molecule has 6 nitrogen and oxygen atoms in total. The van der Waals surface area contributed by atoms with Crippen molar-refractivity contribution in [1.29, 1.82) is 0 Å². The topological polar surface area (TPSA) is 66.3 Å². The van der Waals surface area contributed by atoms with Gasteiger partial charge in [0.25, 0.3) is 0 Å². The van der Waals surface area contributed by atoms with Crippen LogP contribution in [-0.2, 0) is 0 Å². The number of rotatable bonds is 8. The van der Waals surface area contributed by atoms with Gasteiger partial charge in [-0.15, -0.1) is 0 Å². The van der Waals surface area contributed by atoms with E-state index in [0.717, 1.165) is 73.3 Å². The second-order valence-electron chi connectivity index (χ2n) is 11.4. The predicted molar refractivity (Wildman–Crippen MR) is 199 cm³/mol. The number of nitrogens with zero attached hydrogens (tertiary/aromatic N) is 3. The maximum atomic E-state index is 5.29. The zero-order valence-corrected chi connectivity index (χ0v) is 26.1. The molecule has 2 aliphatic rings. The lowest BCUT2D eigenvalue weighted by Gasteiger charge is -2.22. The minimum Gasteiger partial charge on any atom is -0.354 e. The highest BCUT2D eigenvalue weighted by Gasteiger charge is 2.19. The molecule has 3 N–H and O–H groups in total. The van der Waals surface area contributed by atoms with Crippen molar-refractivity contribution in [2.75, 3.05) is 16.0 Å². The molecule has 8 rings (SSSR count). The van der Waals surface area contributed by atoms with Crippen molar-refractivity contribution in [3.63, 3.8) is 0 Å². The van der Waals surface area contributed by atoms with E-state index in [2.05, 4.69) is 105 Å². The Morgan fingerprint density at radius 2 is 0.938 bits per heavy atom. The van der Waals surface area contributed by atoms with Crippen molar-refractivity contribution in [2.24, 2.45) is 4.99 Å². The van der Waals surface area contributed by atoms with E-state index in [-0.39, 0.29) is 0 Å². The summed E-state index contributed by atoms with van der Waals surface area (Å²) in [7, 11) is 0. The highest BCUT2D eigenvalue weighted by Crippen LogP contribution is 2.37. The molecule has 1 aliphatic carbocycles. The summed E-state index contributed by atoms with van der Waals surface area (Å²) < 4.78 is 2.27. The number of hydrogen-bond acceptors (Lipinski definition) is 5. The Kier molecular flexibility index (Phi) is 7.79. The Morgan fingerprint density at radius 1 is 0.458 bits per heavy atom. The van der Waals surface area contributed by atoms with Crippen LogP contribution in [0, 0.1) is 0 Å². The molecule has 230 valence electrons. The second-order valence-corrected chi connectivity index (χ2v) is 11.4. The number of hydrogen-bond donors (Lipinski definition) is 3. The number of para-hydroxylation sites is 5. The number of aromatic nitrogens is 2. The van der Waals surface area contributed by atoms with Gasteiger partial charge in [0.2, 0.25) is 0 Å². The lowest BCUT2D eigenvalue weighted by molar-refractivity contribution is 1.07. The molecule has 0 bridgehead atoms. The van der Waals surface area contributed by atoms with Crippen LogP contribution < -0.4 is 21.3 Å². The smallest absolute Gasteiger partial charge is 0.0900 e. The molecular formula is C42H32N6. The molecule has 6 aromatic rings. The molecule has 0 amide bonds. The first-order chi connectivity index (χ1) is 23.8. The SMILES string of the molecule is c1ccc(/N=c2\cc3n(-c4ccccc4)c4cc(Nc5ccccc5)c(Nc5ccccc5)cc4nc-3cc2Nc2ccccc2)cc1. The fourth-order valence-electron chi connectivity index (χ4n) is 5.87. The van der Waals surface area contributed by atoms with E-state index in [4.69, 9.17) is 9.98 Å². The van der Waals surface area contributed by atoms with Crippen molar-refractivity contribution >= 4 is 50.8 Å². The Morgan fingerprint density at radius 3 is 1.50 bits per heavy atom. The molecule has 6 heteroatoms. The van der Waals surface area contributed by atoms with Crippen molar-refractivity contribution in [1.82, 2.24) is 9.55 Å². The third-order valence-electron chi connectivity index (χ3n) is 8.11. The third kappa shape index (κ3) is 6.10. The quantitative estimate of drug-likeness (QED) is 0.148. The van der Waals surface area contributed by atoms with Gasteiger partial charge in [-0.2, -0.15) is 0 Å². The number of fused-ring (bicyclic) bond motifs is 2. The van der Waals surface area contributed by atoms with Crippen LogP contribution in [0.5, 0.6) is 0 Å². The van der Waals surface area contributed by atoms with E-state index >= 15 is 0 Å². The van der Waals surface area contributed by atoms with Gasteiger partial charge in [0, 0.05) is 22.7 Å². The molecule has 0 atom stereocenters. The molecule has 1 aliphatic heterocycles. The molecule has 0 fully saturated rings. The van der Waals surface area contributed by atoms with E-state index in [9.17, 15) is 0 Å². The van der Waals surface area contributed by atoms with Gasteiger partial charge in [-0.25, -0.2) is 9.98 Å². The zero-order valence-electron chi connectivity index (χ0n) is 26.1. The largest absolute Gasteiger partial charge is 0.354 e. The molecule has 0 saturated carbocycles. The van der Waals surface area contributed by atoms with Crippen molar-refractivity contribution in [2.45, 2.75) is 0 Å². The highest BCUT2D eigenvalue weighted by molar-refractivity contribution is 5.94. The Labute approximate surface area is 279 Å². The first-order valence-electron chi connectivity index (χ1n) is 15.9. The minimum atomic E-state index is 0.813. The Bertz CT molecular complexity index is 2340. The van der Waals surface area contributed by atoms with Crippen molar-refractivity contribution in [3.8, 4) is 17.1 Å². The van der Waals surface area contributed by atoms with Gasteiger partial charge in [-0.3, -0.25) is 0 Å². The van der Waals surface area contributed by atoms with Gasteiger partial charge in [-0.1, -0.05) is 91.0 Å². The molecule has 0 aromatic heterocycles. The molecule has 48 heavy (non-hydrogen) atoms. The van der Waals surface area contributed by atoms with Gasteiger partial charge >= 0.3 is 0 Å². The van der Waals surface area contributed by atoms with Gasteiger partial charge in [0.15, 0.2) is 0 Å². The van der Waals surface area contributed by atoms with Gasteiger partial charge in [-0.05, 0) is 84.9 Å². The summed E-state index contributed by atoms with van der Waals surface area (Å²) in [6.45, 7) is 0. The maximum absolute atomic E-state index is 5.29. The molecule has 0 saturated heterocycles. The summed E-state index contributed by atoms with van der Waals surface area (Å²) in [5.41, 5.74) is 11.2. The summed E-state index contributed by atoms with van der Waals surface area (Å²) in [5.74, 6) is 0. The number of benzene rings is 7. The van der Waals surface area contributed by atoms with Crippen LogP contribution in [0.2, 0.25) is 0 Å². The van der Waals surface area contributed by atoms with Crippen molar-refractivity contribution in [3.05, 3.63) is 181 Å².